The Morgan fingerprint density at radius 2 is 1.48 bits per heavy atom. The standard InChI is InChI=1S/C22H25NO4/c1-22(2,14-19(24)17-11-7-4-8-12-17)15-20(25)23-18(21(26)27)13-16-9-5-3-6-10-16/h3-12,18H,13-15H2,1-2H3,(H,23,25)(H,26,27)/t18-/m1/s1. The van der Waals surface area contributed by atoms with Crippen LogP contribution < -0.4 is 5.32 Å². The van der Waals surface area contributed by atoms with E-state index in [4.69, 9.17) is 0 Å². The number of ketones is 1. The van der Waals surface area contributed by atoms with Crippen LogP contribution in [-0.2, 0) is 16.0 Å². The van der Waals surface area contributed by atoms with Crippen molar-refractivity contribution in [2.24, 2.45) is 5.41 Å². The van der Waals surface area contributed by atoms with E-state index < -0.39 is 17.4 Å². The van der Waals surface area contributed by atoms with E-state index in [1.165, 1.54) is 0 Å². The number of carboxylic acids is 1. The molecule has 0 bridgehead atoms. The Balaban J connectivity index is 1.95. The average molecular weight is 367 g/mol. The topological polar surface area (TPSA) is 83.5 Å². The van der Waals surface area contributed by atoms with E-state index in [-0.39, 0.29) is 31.0 Å². The Morgan fingerprint density at radius 1 is 0.926 bits per heavy atom. The van der Waals surface area contributed by atoms with Crippen LogP contribution in [0.5, 0.6) is 0 Å². The Kier molecular flexibility index (Phi) is 6.88. The van der Waals surface area contributed by atoms with Gasteiger partial charge < -0.3 is 10.4 Å². The van der Waals surface area contributed by atoms with Crippen molar-refractivity contribution in [3.8, 4) is 0 Å². The van der Waals surface area contributed by atoms with Gasteiger partial charge in [0.15, 0.2) is 5.78 Å². The normalized spacial score (nSPS) is 12.2. The summed E-state index contributed by atoms with van der Waals surface area (Å²) in [5.74, 6) is -1.48. The van der Waals surface area contributed by atoms with Crippen LogP contribution in [0.3, 0.4) is 0 Å². The van der Waals surface area contributed by atoms with Crippen molar-refractivity contribution in [3.05, 3.63) is 71.8 Å². The lowest BCUT2D eigenvalue weighted by Crippen LogP contribution is -2.43. The first-order chi connectivity index (χ1) is 12.8. The summed E-state index contributed by atoms with van der Waals surface area (Å²) in [6.07, 6.45) is 0.496. The Morgan fingerprint density at radius 3 is 2.04 bits per heavy atom. The molecule has 0 heterocycles. The SMILES string of the molecule is CC(C)(CC(=O)N[C@H](Cc1ccccc1)C(=O)O)CC(=O)c1ccccc1. The largest absolute Gasteiger partial charge is 0.480 e. The predicted molar refractivity (Wildman–Crippen MR) is 104 cm³/mol. The number of rotatable bonds is 9. The molecule has 0 saturated heterocycles. The van der Waals surface area contributed by atoms with Gasteiger partial charge in [0.05, 0.1) is 0 Å². The Labute approximate surface area is 159 Å². The molecule has 0 aromatic heterocycles. The van der Waals surface area contributed by atoms with Crippen LogP contribution in [0, 0.1) is 5.41 Å². The zero-order chi connectivity index (χ0) is 19.9. The molecule has 5 heteroatoms. The third kappa shape index (κ3) is 6.70. The van der Waals surface area contributed by atoms with Gasteiger partial charge in [-0.3, -0.25) is 9.59 Å². The molecule has 1 atom stereocenters. The second-order valence-corrected chi connectivity index (χ2v) is 7.46. The number of nitrogens with one attached hydrogen (secondary N) is 1. The molecule has 1 amide bonds. The van der Waals surface area contributed by atoms with E-state index in [9.17, 15) is 19.5 Å². The molecule has 0 saturated carbocycles. The van der Waals surface area contributed by atoms with Crippen molar-refractivity contribution in [1.29, 1.82) is 0 Å². The molecule has 0 spiro atoms. The van der Waals surface area contributed by atoms with Crippen LogP contribution in [0.4, 0.5) is 0 Å². The minimum Gasteiger partial charge on any atom is -0.480 e. The second-order valence-electron chi connectivity index (χ2n) is 7.46. The maximum atomic E-state index is 12.4. The van der Waals surface area contributed by atoms with Crippen molar-refractivity contribution >= 4 is 17.7 Å². The van der Waals surface area contributed by atoms with Crippen LogP contribution >= 0.6 is 0 Å². The summed E-state index contributed by atoms with van der Waals surface area (Å²) in [6.45, 7) is 3.67. The molecule has 2 aromatic carbocycles. The van der Waals surface area contributed by atoms with Gasteiger partial charge in [-0.1, -0.05) is 74.5 Å². The highest BCUT2D eigenvalue weighted by molar-refractivity contribution is 5.96. The number of carbonyl (C=O) groups excluding carboxylic acids is 2. The van der Waals surface area contributed by atoms with Crippen molar-refractivity contribution in [2.45, 2.75) is 39.2 Å². The van der Waals surface area contributed by atoms with E-state index in [0.29, 0.717) is 5.56 Å². The van der Waals surface area contributed by atoms with Crippen molar-refractivity contribution < 1.29 is 19.5 Å². The molecule has 2 N–H and O–H groups in total. The van der Waals surface area contributed by atoms with E-state index >= 15 is 0 Å². The van der Waals surface area contributed by atoms with Crippen LogP contribution in [0.1, 0.15) is 42.6 Å². The highest BCUT2D eigenvalue weighted by Crippen LogP contribution is 2.27. The summed E-state index contributed by atoms with van der Waals surface area (Å²) in [7, 11) is 0. The Hall–Kier alpha value is -2.95. The maximum Gasteiger partial charge on any atom is 0.326 e. The first-order valence-electron chi connectivity index (χ1n) is 8.91. The van der Waals surface area contributed by atoms with Gasteiger partial charge in [-0.25, -0.2) is 4.79 Å². The van der Waals surface area contributed by atoms with Gasteiger partial charge in [-0.05, 0) is 11.0 Å². The molecule has 0 aliphatic rings. The van der Waals surface area contributed by atoms with Crippen molar-refractivity contribution in [2.75, 3.05) is 0 Å². The second kappa shape index (κ2) is 9.12. The molecule has 0 aliphatic carbocycles. The molecule has 0 unspecified atom stereocenters. The molecule has 142 valence electrons. The number of Topliss-reactive ketones (excluding diaryl/α,β-unsaturated/α-hetero) is 1. The predicted octanol–water partition coefficient (Wildman–Crippen LogP) is 3.49. The third-order valence-corrected chi connectivity index (χ3v) is 4.29. The fourth-order valence-corrected chi connectivity index (χ4v) is 2.95. The van der Waals surface area contributed by atoms with Gasteiger partial charge in [-0.2, -0.15) is 0 Å². The third-order valence-electron chi connectivity index (χ3n) is 4.29. The summed E-state index contributed by atoms with van der Waals surface area (Å²) in [6, 6.07) is 17.1. The molecule has 5 nitrogen and oxygen atoms in total. The highest BCUT2D eigenvalue weighted by Gasteiger charge is 2.28. The number of amides is 1. The molecular weight excluding hydrogens is 342 g/mol. The molecule has 2 aromatic rings. The number of hydrogen-bond acceptors (Lipinski definition) is 3. The number of aliphatic carboxylic acids is 1. The van der Waals surface area contributed by atoms with Crippen LogP contribution in [-0.4, -0.2) is 28.8 Å². The maximum absolute atomic E-state index is 12.4. The van der Waals surface area contributed by atoms with E-state index in [0.717, 1.165) is 5.56 Å². The number of hydrogen-bond donors (Lipinski definition) is 2. The first-order valence-corrected chi connectivity index (χ1v) is 8.91. The zero-order valence-corrected chi connectivity index (χ0v) is 15.6. The number of carboxylic acid groups (broad SMARTS) is 1. The van der Waals surface area contributed by atoms with Crippen molar-refractivity contribution in [1.82, 2.24) is 5.32 Å². The van der Waals surface area contributed by atoms with Gasteiger partial charge in [-0.15, -0.1) is 0 Å². The minimum absolute atomic E-state index is 0.0347. The number of carbonyl (C=O) groups is 3. The summed E-state index contributed by atoms with van der Waals surface area (Å²) >= 11 is 0. The van der Waals surface area contributed by atoms with Gasteiger partial charge in [0.25, 0.3) is 0 Å². The lowest BCUT2D eigenvalue weighted by molar-refractivity contribution is -0.142. The first kappa shape index (κ1) is 20.4. The van der Waals surface area contributed by atoms with Gasteiger partial charge >= 0.3 is 5.97 Å². The molecule has 0 fully saturated rings. The highest BCUT2D eigenvalue weighted by atomic mass is 16.4. The monoisotopic (exact) mass is 367 g/mol. The molecular formula is C22H25NO4. The van der Waals surface area contributed by atoms with Crippen LogP contribution in [0.15, 0.2) is 60.7 Å². The quantitative estimate of drug-likeness (QED) is 0.665. The summed E-state index contributed by atoms with van der Waals surface area (Å²) in [5, 5.41) is 12.0. The molecule has 27 heavy (non-hydrogen) atoms. The molecule has 2 rings (SSSR count). The lowest BCUT2D eigenvalue weighted by Gasteiger charge is -2.24. The van der Waals surface area contributed by atoms with E-state index in [2.05, 4.69) is 5.32 Å². The van der Waals surface area contributed by atoms with Gasteiger partial charge in [0, 0.05) is 24.8 Å². The van der Waals surface area contributed by atoms with Gasteiger partial charge in [0.1, 0.15) is 6.04 Å². The molecule has 0 radical (unpaired) electrons. The molecule has 0 aliphatic heterocycles. The van der Waals surface area contributed by atoms with Crippen LogP contribution in [0.2, 0.25) is 0 Å². The minimum atomic E-state index is -1.08. The van der Waals surface area contributed by atoms with Crippen LogP contribution in [0.25, 0.3) is 0 Å². The Bertz CT molecular complexity index is 784. The number of benzene rings is 2. The van der Waals surface area contributed by atoms with E-state index in [1.807, 2.05) is 50.2 Å². The van der Waals surface area contributed by atoms with E-state index in [1.54, 1.807) is 24.3 Å². The fraction of sp³-hybridized carbons (Fsp3) is 0.318. The summed E-state index contributed by atoms with van der Waals surface area (Å²) in [4.78, 5) is 36.3. The average Bonchev–Trinajstić information content (AvgIpc) is 2.61. The van der Waals surface area contributed by atoms with Crippen molar-refractivity contribution in [3.63, 3.8) is 0 Å². The lowest BCUT2D eigenvalue weighted by atomic mass is 9.82. The fourth-order valence-electron chi connectivity index (χ4n) is 2.95. The smallest absolute Gasteiger partial charge is 0.326 e. The summed E-state index contributed by atoms with van der Waals surface area (Å²) < 4.78 is 0. The summed E-state index contributed by atoms with van der Waals surface area (Å²) in [5.41, 5.74) is 0.870. The van der Waals surface area contributed by atoms with Gasteiger partial charge in [0.2, 0.25) is 5.91 Å². The zero-order valence-electron chi connectivity index (χ0n) is 15.6.